The molecule has 0 radical (unpaired) electrons. The number of hydrogen-bond acceptors (Lipinski definition) is 6. The molecule has 2 heterocycles. The van der Waals surface area contributed by atoms with E-state index >= 15 is 0 Å². The highest BCUT2D eigenvalue weighted by Gasteiger charge is 2.34. The fraction of sp³-hybridized carbons (Fsp3) is 0.250. The van der Waals surface area contributed by atoms with Crippen molar-refractivity contribution in [2.24, 2.45) is 0 Å². The summed E-state index contributed by atoms with van der Waals surface area (Å²) in [6.07, 6.45) is 2.02. The zero-order valence-electron chi connectivity index (χ0n) is 21.5. The maximum absolute atomic E-state index is 12.5. The number of halogens is 3. The molecule has 2 aromatic carbocycles. The van der Waals surface area contributed by atoms with Crippen LogP contribution in [0.4, 0.5) is 19.0 Å². The number of imidazole rings is 1. The van der Waals surface area contributed by atoms with Crippen LogP contribution in [0, 0.1) is 0 Å². The summed E-state index contributed by atoms with van der Waals surface area (Å²) >= 11 is 0. The first-order valence-electron chi connectivity index (χ1n) is 11.9. The van der Waals surface area contributed by atoms with Gasteiger partial charge in [0.15, 0.2) is 0 Å². The Bertz CT molecular complexity index is 1440. The number of carboxylic acids is 1. The number of aliphatic carboxylic acids is 1. The van der Waals surface area contributed by atoms with Crippen LogP contribution in [0.15, 0.2) is 73.4 Å². The van der Waals surface area contributed by atoms with Crippen LogP contribution >= 0.6 is 0 Å². The summed E-state index contributed by atoms with van der Waals surface area (Å²) in [7, 11) is 1.51. The second-order valence-corrected chi connectivity index (χ2v) is 9.36. The van der Waals surface area contributed by atoms with Crippen LogP contribution in [-0.2, 0) is 23.3 Å². The fourth-order valence-corrected chi connectivity index (χ4v) is 4.08. The number of anilines is 1. The lowest BCUT2D eigenvalue weighted by molar-refractivity contribution is -0.274. The lowest BCUT2D eigenvalue weighted by atomic mass is 9.81. The molecule has 4 rings (SSSR count). The Labute approximate surface area is 223 Å². The van der Waals surface area contributed by atoms with Gasteiger partial charge >= 0.3 is 12.3 Å². The van der Waals surface area contributed by atoms with Crippen molar-refractivity contribution in [2.45, 2.75) is 38.7 Å². The molecule has 11 heteroatoms. The van der Waals surface area contributed by atoms with E-state index in [0.717, 1.165) is 16.7 Å². The van der Waals surface area contributed by atoms with Gasteiger partial charge in [0.05, 0.1) is 25.4 Å². The highest BCUT2D eigenvalue weighted by atomic mass is 19.4. The maximum atomic E-state index is 12.5. The van der Waals surface area contributed by atoms with Crippen molar-refractivity contribution in [3.8, 4) is 22.6 Å². The summed E-state index contributed by atoms with van der Waals surface area (Å²) in [5.41, 5.74) is 2.16. The quantitative estimate of drug-likeness (QED) is 0.259. The van der Waals surface area contributed by atoms with Crippen molar-refractivity contribution in [1.29, 1.82) is 0 Å². The smallest absolute Gasteiger partial charge is 0.496 e. The average Bonchev–Trinajstić information content (AvgIpc) is 3.39. The molecule has 0 saturated carbocycles. The number of hydrogen-bond donors (Lipinski definition) is 2. The van der Waals surface area contributed by atoms with E-state index in [4.69, 9.17) is 4.74 Å². The summed E-state index contributed by atoms with van der Waals surface area (Å²) in [4.78, 5) is 20.7. The second-order valence-electron chi connectivity index (χ2n) is 9.36. The fourth-order valence-electron chi connectivity index (χ4n) is 4.08. The van der Waals surface area contributed by atoms with E-state index in [9.17, 15) is 23.1 Å². The third kappa shape index (κ3) is 6.67. The van der Waals surface area contributed by atoms with Crippen LogP contribution in [0.2, 0.25) is 0 Å². The highest BCUT2D eigenvalue weighted by Crippen LogP contribution is 2.39. The maximum Gasteiger partial charge on any atom is 0.573 e. The molecule has 0 amide bonds. The van der Waals surface area contributed by atoms with Gasteiger partial charge in [-0.05, 0) is 61.4 Å². The van der Waals surface area contributed by atoms with E-state index in [1.165, 1.54) is 25.3 Å². The van der Waals surface area contributed by atoms with Crippen LogP contribution in [-0.4, -0.2) is 39.1 Å². The van der Waals surface area contributed by atoms with Crippen LogP contribution in [0.25, 0.3) is 11.1 Å². The van der Waals surface area contributed by atoms with Crippen molar-refractivity contribution < 1.29 is 32.5 Å². The largest absolute Gasteiger partial charge is 0.573 e. The van der Waals surface area contributed by atoms with Crippen molar-refractivity contribution >= 4 is 11.8 Å². The molecule has 0 fully saturated rings. The SMILES string of the molecule is COc1c(Cn2ccnc2)cc(-c2ccc(NCc3cccc(OC(F)(F)F)c3)nc2)cc1C(C)(C)C(=O)O. The first kappa shape index (κ1) is 27.5. The minimum absolute atomic E-state index is 0.232. The van der Waals surface area contributed by atoms with E-state index in [1.807, 2.05) is 16.7 Å². The number of pyridine rings is 1. The first-order valence-corrected chi connectivity index (χ1v) is 11.9. The van der Waals surface area contributed by atoms with Crippen LogP contribution in [0.1, 0.15) is 30.5 Å². The monoisotopic (exact) mass is 540 g/mol. The molecule has 4 aromatic rings. The van der Waals surface area contributed by atoms with Crippen molar-refractivity contribution in [2.75, 3.05) is 12.4 Å². The third-order valence-corrected chi connectivity index (χ3v) is 6.19. The predicted molar refractivity (Wildman–Crippen MR) is 139 cm³/mol. The van der Waals surface area contributed by atoms with Gasteiger partial charge in [0.1, 0.15) is 17.3 Å². The molecule has 0 unspecified atom stereocenters. The summed E-state index contributed by atoms with van der Waals surface area (Å²) < 4.78 is 49.0. The van der Waals surface area contributed by atoms with Gasteiger partial charge < -0.3 is 24.5 Å². The molecule has 0 aliphatic rings. The Balaban J connectivity index is 1.60. The van der Waals surface area contributed by atoms with Gasteiger partial charge in [-0.1, -0.05) is 12.1 Å². The van der Waals surface area contributed by atoms with Crippen molar-refractivity contribution in [3.63, 3.8) is 0 Å². The number of benzene rings is 2. The molecule has 0 bridgehead atoms. The predicted octanol–water partition coefficient (Wildman–Crippen LogP) is 5.87. The lowest BCUT2D eigenvalue weighted by Gasteiger charge is -2.25. The van der Waals surface area contributed by atoms with E-state index in [-0.39, 0.29) is 12.3 Å². The third-order valence-electron chi connectivity index (χ3n) is 6.19. The molecular weight excluding hydrogens is 513 g/mol. The molecule has 0 aliphatic carbocycles. The number of rotatable bonds is 10. The molecular formula is C28H27F3N4O4. The number of ether oxygens (including phenoxy) is 2. The summed E-state index contributed by atoms with van der Waals surface area (Å²) in [5, 5.41) is 13.0. The minimum Gasteiger partial charge on any atom is -0.496 e. The van der Waals surface area contributed by atoms with E-state index in [1.54, 1.807) is 57.0 Å². The van der Waals surface area contributed by atoms with Crippen LogP contribution in [0.5, 0.6) is 11.5 Å². The standard InChI is InChI=1S/C28H27F3N4O4/c1-27(2,26(36)37)23-13-20(12-21(25(23)38-3)16-35-10-9-32-17-35)19-7-8-24(34-15-19)33-14-18-5-4-6-22(11-18)39-28(29,30)31/h4-13,15,17H,14,16H2,1-3H3,(H,33,34)(H,36,37). The normalized spacial score (nSPS) is 11.7. The van der Waals surface area contributed by atoms with Gasteiger partial charge in [-0.25, -0.2) is 9.97 Å². The number of aromatic nitrogens is 3. The molecule has 2 N–H and O–H groups in total. The first-order chi connectivity index (χ1) is 18.5. The van der Waals surface area contributed by atoms with Gasteiger partial charge in [0.2, 0.25) is 0 Å². The van der Waals surface area contributed by atoms with E-state index in [0.29, 0.717) is 29.2 Å². The Morgan fingerprint density at radius 1 is 1.10 bits per heavy atom. The molecule has 0 aliphatic heterocycles. The number of methoxy groups -OCH3 is 1. The van der Waals surface area contributed by atoms with Crippen molar-refractivity contribution in [1.82, 2.24) is 14.5 Å². The Morgan fingerprint density at radius 2 is 1.90 bits per heavy atom. The number of nitrogens with one attached hydrogen (secondary N) is 1. The van der Waals surface area contributed by atoms with Gasteiger partial charge in [0, 0.05) is 41.8 Å². The minimum atomic E-state index is -4.76. The number of carboxylic acid groups (broad SMARTS) is 1. The van der Waals surface area contributed by atoms with E-state index in [2.05, 4.69) is 20.0 Å². The number of carbonyl (C=O) groups is 1. The molecule has 8 nitrogen and oxygen atoms in total. The van der Waals surface area contributed by atoms with Crippen LogP contribution in [0.3, 0.4) is 0 Å². The Hall–Kier alpha value is -4.54. The highest BCUT2D eigenvalue weighted by molar-refractivity contribution is 5.83. The second kappa shape index (κ2) is 11.1. The number of alkyl halides is 3. The number of nitrogens with zero attached hydrogens (tertiary/aromatic N) is 3. The molecule has 2 aromatic heterocycles. The summed E-state index contributed by atoms with van der Waals surface area (Å²) in [6, 6.07) is 13.0. The summed E-state index contributed by atoms with van der Waals surface area (Å²) in [5.74, 6) is -0.285. The Morgan fingerprint density at radius 3 is 2.51 bits per heavy atom. The lowest BCUT2D eigenvalue weighted by Crippen LogP contribution is -2.29. The van der Waals surface area contributed by atoms with Gasteiger partial charge in [-0.3, -0.25) is 4.79 Å². The van der Waals surface area contributed by atoms with Gasteiger partial charge in [0.25, 0.3) is 0 Å². The zero-order valence-corrected chi connectivity index (χ0v) is 21.5. The van der Waals surface area contributed by atoms with E-state index < -0.39 is 17.7 Å². The van der Waals surface area contributed by atoms with Gasteiger partial charge in [-0.2, -0.15) is 0 Å². The Kier molecular flexibility index (Phi) is 7.80. The molecule has 0 spiro atoms. The average molecular weight is 541 g/mol. The zero-order chi connectivity index (χ0) is 28.2. The molecule has 0 saturated heterocycles. The summed E-state index contributed by atoms with van der Waals surface area (Å²) in [6.45, 7) is 3.90. The van der Waals surface area contributed by atoms with Gasteiger partial charge in [-0.15, -0.1) is 13.2 Å². The molecule has 0 atom stereocenters. The topological polar surface area (TPSA) is 98.5 Å². The molecule has 39 heavy (non-hydrogen) atoms. The van der Waals surface area contributed by atoms with Crippen molar-refractivity contribution in [3.05, 3.63) is 90.1 Å². The van der Waals surface area contributed by atoms with Crippen LogP contribution < -0.4 is 14.8 Å². The molecule has 204 valence electrons.